The predicted molar refractivity (Wildman–Crippen MR) is 115 cm³/mol. The van der Waals surface area contributed by atoms with Crippen molar-refractivity contribution in [1.82, 2.24) is 9.88 Å². The van der Waals surface area contributed by atoms with E-state index in [0.717, 1.165) is 33.0 Å². The van der Waals surface area contributed by atoms with Gasteiger partial charge in [-0.1, -0.05) is 47.7 Å². The lowest BCUT2D eigenvalue weighted by molar-refractivity contribution is -0.114. The highest BCUT2D eigenvalue weighted by Crippen LogP contribution is 2.31. The second-order valence-corrected chi connectivity index (χ2v) is 7.97. The van der Waals surface area contributed by atoms with E-state index in [9.17, 15) is 4.79 Å². The van der Waals surface area contributed by atoms with E-state index < -0.39 is 0 Å². The van der Waals surface area contributed by atoms with Gasteiger partial charge in [0.1, 0.15) is 0 Å². The third kappa shape index (κ3) is 4.81. The van der Waals surface area contributed by atoms with Crippen molar-refractivity contribution in [3.8, 4) is 0 Å². The maximum absolute atomic E-state index is 12.9. The number of aromatic nitrogens is 1. The number of likely N-dealkylation sites (N-methyl/N-ethyl adjacent to an activating group) is 1. The molecule has 1 aromatic heterocycles. The summed E-state index contributed by atoms with van der Waals surface area (Å²) in [5, 5.41) is 0.753. The van der Waals surface area contributed by atoms with Crippen LogP contribution in [0.1, 0.15) is 16.7 Å². The minimum absolute atomic E-state index is 0.0471. The van der Waals surface area contributed by atoms with Gasteiger partial charge in [-0.05, 0) is 56.8 Å². The number of benzene rings is 2. The Morgan fingerprint density at radius 2 is 1.85 bits per heavy atom. The summed E-state index contributed by atoms with van der Waals surface area (Å²) in [6.45, 7) is 5.53. The lowest BCUT2D eigenvalue weighted by Crippen LogP contribution is -2.35. The highest BCUT2D eigenvalue weighted by molar-refractivity contribution is 7.22. The number of hydrogen-bond acceptors (Lipinski definition) is 4. The van der Waals surface area contributed by atoms with E-state index in [1.165, 1.54) is 5.56 Å². The standard InChI is InChI=1S/C22H25N3OS/c1-16-14-17(2)21-19(15-16)27-22(23-21)25(13-12-24(3)4)20(26)11-10-18-8-6-5-7-9-18/h5-11,14-15H,12-13H2,1-4H3. The summed E-state index contributed by atoms with van der Waals surface area (Å²) in [4.78, 5) is 21.6. The number of fused-ring (bicyclic) bond motifs is 1. The van der Waals surface area contributed by atoms with Gasteiger partial charge in [0.25, 0.3) is 5.91 Å². The van der Waals surface area contributed by atoms with Crippen molar-refractivity contribution in [2.24, 2.45) is 0 Å². The van der Waals surface area contributed by atoms with Gasteiger partial charge < -0.3 is 4.90 Å². The van der Waals surface area contributed by atoms with Crippen LogP contribution >= 0.6 is 11.3 Å². The average molecular weight is 380 g/mol. The van der Waals surface area contributed by atoms with Gasteiger partial charge in [0.2, 0.25) is 0 Å². The molecule has 0 aliphatic carbocycles. The molecule has 0 fully saturated rings. The van der Waals surface area contributed by atoms with E-state index in [4.69, 9.17) is 4.98 Å². The first-order valence-corrected chi connectivity index (χ1v) is 9.83. The third-order valence-corrected chi connectivity index (χ3v) is 5.33. The molecular formula is C22H25N3OS. The molecule has 0 radical (unpaired) electrons. The molecule has 0 aliphatic rings. The molecule has 0 N–H and O–H groups in total. The van der Waals surface area contributed by atoms with Gasteiger partial charge in [0.05, 0.1) is 10.2 Å². The molecule has 0 saturated carbocycles. The number of carbonyl (C=O) groups excluding carboxylic acids is 1. The Bertz CT molecular complexity index is 960. The molecule has 0 spiro atoms. The first-order valence-electron chi connectivity index (χ1n) is 9.01. The van der Waals surface area contributed by atoms with Crippen molar-refractivity contribution in [3.05, 3.63) is 65.2 Å². The predicted octanol–water partition coefficient (Wildman–Crippen LogP) is 4.52. The van der Waals surface area contributed by atoms with Crippen LogP contribution in [0.2, 0.25) is 0 Å². The van der Waals surface area contributed by atoms with E-state index in [2.05, 4.69) is 30.9 Å². The summed E-state index contributed by atoms with van der Waals surface area (Å²) >= 11 is 1.58. The Morgan fingerprint density at radius 1 is 1.11 bits per heavy atom. The van der Waals surface area contributed by atoms with Gasteiger partial charge in [0.15, 0.2) is 5.13 Å². The molecule has 140 valence electrons. The topological polar surface area (TPSA) is 36.4 Å². The fourth-order valence-corrected chi connectivity index (χ4v) is 4.07. The minimum atomic E-state index is -0.0471. The molecule has 4 nitrogen and oxygen atoms in total. The van der Waals surface area contributed by atoms with E-state index in [-0.39, 0.29) is 5.91 Å². The van der Waals surface area contributed by atoms with Gasteiger partial charge in [-0.3, -0.25) is 9.69 Å². The number of nitrogens with zero attached hydrogens (tertiary/aromatic N) is 3. The Morgan fingerprint density at radius 3 is 2.56 bits per heavy atom. The maximum Gasteiger partial charge on any atom is 0.252 e. The van der Waals surface area contributed by atoms with E-state index in [0.29, 0.717) is 6.54 Å². The molecule has 1 amide bonds. The lowest BCUT2D eigenvalue weighted by atomic mass is 10.1. The molecule has 0 unspecified atom stereocenters. The second kappa shape index (κ2) is 8.46. The van der Waals surface area contributed by atoms with Crippen molar-refractivity contribution in [2.75, 3.05) is 32.1 Å². The van der Waals surface area contributed by atoms with Crippen LogP contribution in [0.5, 0.6) is 0 Å². The summed E-state index contributed by atoms with van der Waals surface area (Å²) in [6, 6.07) is 14.1. The zero-order valence-electron chi connectivity index (χ0n) is 16.3. The van der Waals surface area contributed by atoms with Crippen LogP contribution in [0.15, 0.2) is 48.5 Å². The van der Waals surface area contributed by atoms with Crippen molar-refractivity contribution in [3.63, 3.8) is 0 Å². The summed E-state index contributed by atoms with van der Waals surface area (Å²) in [6.07, 6.45) is 3.49. The van der Waals surface area contributed by atoms with Crippen LogP contribution in [0.25, 0.3) is 16.3 Å². The van der Waals surface area contributed by atoms with Crippen LogP contribution in [-0.4, -0.2) is 43.0 Å². The summed E-state index contributed by atoms with van der Waals surface area (Å²) < 4.78 is 1.12. The first-order chi connectivity index (χ1) is 12.9. The van der Waals surface area contributed by atoms with Crippen LogP contribution in [0.3, 0.4) is 0 Å². The molecule has 3 aromatic rings. The van der Waals surface area contributed by atoms with Crippen molar-refractivity contribution < 1.29 is 4.79 Å². The fraction of sp³-hybridized carbons (Fsp3) is 0.273. The third-order valence-electron chi connectivity index (χ3n) is 4.30. The minimum Gasteiger partial charge on any atom is -0.308 e. The first kappa shape index (κ1) is 19.3. The van der Waals surface area contributed by atoms with Gasteiger partial charge in [-0.25, -0.2) is 4.98 Å². The Kier molecular flexibility index (Phi) is 6.04. The molecule has 27 heavy (non-hydrogen) atoms. The van der Waals surface area contributed by atoms with Gasteiger partial charge in [0, 0.05) is 19.2 Å². The number of amides is 1. The number of anilines is 1. The molecule has 3 rings (SSSR count). The number of carbonyl (C=O) groups is 1. The zero-order valence-corrected chi connectivity index (χ0v) is 17.1. The monoisotopic (exact) mass is 379 g/mol. The van der Waals surface area contributed by atoms with Crippen molar-refractivity contribution in [2.45, 2.75) is 13.8 Å². The fourth-order valence-electron chi connectivity index (χ4n) is 2.90. The molecule has 0 saturated heterocycles. The number of aryl methyl sites for hydroxylation is 2. The Hall–Kier alpha value is -2.50. The molecule has 2 aromatic carbocycles. The van der Waals surface area contributed by atoms with Gasteiger partial charge in [-0.15, -0.1) is 0 Å². The molecule has 1 heterocycles. The van der Waals surface area contributed by atoms with Crippen LogP contribution < -0.4 is 4.90 Å². The summed E-state index contributed by atoms with van der Waals surface area (Å²) in [5.41, 5.74) is 4.35. The SMILES string of the molecule is Cc1cc(C)c2nc(N(CCN(C)C)C(=O)C=Cc3ccccc3)sc2c1. The highest BCUT2D eigenvalue weighted by atomic mass is 32.1. The van der Waals surface area contributed by atoms with E-state index in [1.54, 1.807) is 22.3 Å². The zero-order chi connectivity index (χ0) is 19.4. The van der Waals surface area contributed by atoms with Crippen LogP contribution in [-0.2, 0) is 4.79 Å². The number of hydrogen-bond donors (Lipinski definition) is 0. The molecule has 5 heteroatoms. The van der Waals surface area contributed by atoms with Crippen molar-refractivity contribution in [1.29, 1.82) is 0 Å². The number of rotatable bonds is 6. The van der Waals surface area contributed by atoms with Crippen molar-refractivity contribution >= 4 is 38.7 Å². The maximum atomic E-state index is 12.9. The quantitative estimate of drug-likeness (QED) is 0.591. The number of thiazole rings is 1. The normalized spacial score (nSPS) is 11.6. The van der Waals surface area contributed by atoms with Crippen LogP contribution in [0.4, 0.5) is 5.13 Å². The largest absolute Gasteiger partial charge is 0.308 e. The van der Waals surface area contributed by atoms with Gasteiger partial charge >= 0.3 is 0 Å². The Labute approximate surface area is 164 Å². The lowest BCUT2D eigenvalue weighted by Gasteiger charge is -2.20. The molecule has 0 aliphatic heterocycles. The second-order valence-electron chi connectivity index (χ2n) is 6.96. The Balaban J connectivity index is 1.92. The summed E-state index contributed by atoms with van der Waals surface area (Å²) in [7, 11) is 4.02. The van der Waals surface area contributed by atoms with E-state index in [1.807, 2.05) is 50.5 Å². The average Bonchev–Trinajstić information content (AvgIpc) is 3.04. The van der Waals surface area contributed by atoms with E-state index >= 15 is 0 Å². The smallest absolute Gasteiger partial charge is 0.252 e. The molecule has 0 bridgehead atoms. The summed E-state index contributed by atoms with van der Waals surface area (Å²) in [5.74, 6) is -0.0471. The highest BCUT2D eigenvalue weighted by Gasteiger charge is 2.18. The molecular weight excluding hydrogens is 354 g/mol. The van der Waals surface area contributed by atoms with Gasteiger partial charge in [-0.2, -0.15) is 0 Å². The molecule has 0 atom stereocenters. The van der Waals surface area contributed by atoms with Crippen LogP contribution in [0, 0.1) is 13.8 Å².